The molecule has 2 aromatic rings. The number of hydrogen-bond acceptors (Lipinski definition) is 4. The summed E-state index contributed by atoms with van der Waals surface area (Å²) in [7, 11) is 1.59. The van der Waals surface area contributed by atoms with Crippen LogP contribution in [0.2, 0.25) is 0 Å². The minimum Gasteiger partial charge on any atom is -0.497 e. The van der Waals surface area contributed by atoms with Crippen LogP contribution in [-0.4, -0.2) is 31.7 Å². The number of anilines is 1. The highest BCUT2D eigenvalue weighted by molar-refractivity contribution is 6.00. The summed E-state index contributed by atoms with van der Waals surface area (Å²) >= 11 is 0. The number of carbonyl (C=O) groups excluding carboxylic acids is 2. The molecular weight excluding hydrogens is 342 g/mol. The monoisotopic (exact) mass is 365 g/mol. The molecule has 6 nitrogen and oxygen atoms in total. The standard InChI is InChI=1S/C21H23N3O3/c1-3-15-4-6-16(7-5-15)13-22-23-21(26)17-12-20(25)24(14-17)18-8-10-19(27-2)11-9-18/h4-11,13,17H,3,12,14H2,1-2H3,(H,23,26)/b22-13+. The summed E-state index contributed by atoms with van der Waals surface area (Å²) in [5.41, 5.74) is 5.47. The molecule has 1 heterocycles. The van der Waals surface area contributed by atoms with Gasteiger partial charge in [0.15, 0.2) is 0 Å². The lowest BCUT2D eigenvalue weighted by Gasteiger charge is -2.16. The summed E-state index contributed by atoms with van der Waals surface area (Å²) in [6.07, 6.45) is 2.77. The molecule has 0 radical (unpaired) electrons. The van der Waals surface area contributed by atoms with Gasteiger partial charge in [-0.15, -0.1) is 0 Å². The molecule has 140 valence electrons. The maximum atomic E-state index is 12.3. The van der Waals surface area contributed by atoms with E-state index in [4.69, 9.17) is 4.74 Å². The average molecular weight is 365 g/mol. The number of nitrogens with one attached hydrogen (secondary N) is 1. The third kappa shape index (κ3) is 4.53. The zero-order valence-corrected chi connectivity index (χ0v) is 15.5. The zero-order valence-electron chi connectivity index (χ0n) is 15.5. The molecule has 2 amide bonds. The molecule has 2 aromatic carbocycles. The molecule has 1 atom stereocenters. The first kappa shape index (κ1) is 18.6. The predicted molar refractivity (Wildman–Crippen MR) is 105 cm³/mol. The quantitative estimate of drug-likeness (QED) is 0.632. The Kier molecular flexibility index (Phi) is 5.86. The Bertz CT molecular complexity index is 829. The van der Waals surface area contributed by atoms with Crippen LogP contribution in [0.5, 0.6) is 5.75 Å². The summed E-state index contributed by atoms with van der Waals surface area (Å²) in [6, 6.07) is 15.2. The van der Waals surface area contributed by atoms with E-state index in [9.17, 15) is 9.59 Å². The normalized spacial score (nSPS) is 16.7. The average Bonchev–Trinajstić information content (AvgIpc) is 3.10. The van der Waals surface area contributed by atoms with Gasteiger partial charge >= 0.3 is 0 Å². The Balaban J connectivity index is 1.57. The van der Waals surface area contributed by atoms with E-state index in [2.05, 4.69) is 17.5 Å². The van der Waals surface area contributed by atoms with Crippen LogP contribution >= 0.6 is 0 Å². The number of methoxy groups -OCH3 is 1. The first-order chi connectivity index (χ1) is 13.1. The van der Waals surface area contributed by atoms with Gasteiger partial charge in [-0.1, -0.05) is 31.2 Å². The highest BCUT2D eigenvalue weighted by Gasteiger charge is 2.35. The van der Waals surface area contributed by atoms with Crippen molar-refractivity contribution in [1.29, 1.82) is 0 Å². The fourth-order valence-electron chi connectivity index (χ4n) is 3.00. The van der Waals surface area contributed by atoms with Crippen molar-refractivity contribution >= 4 is 23.7 Å². The number of hydrogen-bond donors (Lipinski definition) is 1. The molecule has 0 spiro atoms. The highest BCUT2D eigenvalue weighted by atomic mass is 16.5. The van der Waals surface area contributed by atoms with E-state index in [0.717, 1.165) is 23.4 Å². The third-order valence-electron chi connectivity index (χ3n) is 4.66. The second kappa shape index (κ2) is 8.49. The van der Waals surface area contributed by atoms with Gasteiger partial charge in [-0.3, -0.25) is 9.59 Å². The smallest absolute Gasteiger partial charge is 0.245 e. The molecule has 1 aliphatic heterocycles. The second-order valence-corrected chi connectivity index (χ2v) is 6.43. The van der Waals surface area contributed by atoms with Crippen LogP contribution in [0.1, 0.15) is 24.5 Å². The Morgan fingerprint density at radius 3 is 2.56 bits per heavy atom. The minimum absolute atomic E-state index is 0.0700. The molecule has 0 aromatic heterocycles. The van der Waals surface area contributed by atoms with Gasteiger partial charge in [0.05, 0.1) is 19.2 Å². The molecule has 0 aliphatic carbocycles. The summed E-state index contributed by atoms with van der Waals surface area (Å²) in [5, 5.41) is 4.02. The van der Waals surface area contributed by atoms with Crippen molar-refractivity contribution in [1.82, 2.24) is 5.43 Å². The first-order valence-electron chi connectivity index (χ1n) is 8.97. The molecule has 1 fully saturated rings. The number of benzene rings is 2. The number of nitrogens with zero attached hydrogens (tertiary/aromatic N) is 2. The van der Waals surface area contributed by atoms with Crippen LogP contribution in [0.15, 0.2) is 53.6 Å². The maximum Gasteiger partial charge on any atom is 0.245 e. The van der Waals surface area contributed by atoms with Crippen molar-refractivity contribution in [2.24, 2.45) is 11.0 Å². The van der Waals surface area contributed by atoms with Crippen LogP contribution in [0, 0.1) is 5.92 Å². The van der Waals surface area contributed by atoms with Gasteiger partial charge in [0.2, 0.25) is 11.8 Å². The fourth-order valence-corrected chi connectivity index (χ4v) is 3.00. The van der Waals surface area contributed by atoms with Gasteiger partial charge in [0.25, 0.3) is 0 Å². The molecule has 1 aliphatic rings. The van der Waals surface area contributed by atoms with Gasteiger partial charge in [0, 0.05) is 18.7 Å². The number of amides is 2. The molecule has 1 N–H and O–H groups in total. The highest BCUT2D eigenvalue weighted by Crippen LogP contribution is 2.26. The van der Waals surface area contributed by atoms with Crippen molar-refractivity contribution < 1.29 is 14.3 Å². The number of aryl methyl sites for hydroxylation is 1. The van der Waals surface area contributed by atoms with Crippen LogP contribution < -0.4 is 15.1 Å². The van der Waals surface area contributed by atoms with E-state index in [1.165, 1.54) is 5.56 Å². The van der Waals surface area contributed by atoms with E-state index in [0.29, 0.717) is 6.54 Å². The van der Waals surface area contributed by atoms with Crippen molar-refractivity contribution in [3.05, 3.63) is 59.7 Å². The van der Waals surface area contributed by atoms with Crippen LogP contribution in [0.4, 0.5) is 5.69 Å². The van der Waals surface area contributed by atoms with Crippen LogP contribution in [-0.2, 0) is 16.0 Å². The molecule has 27 heavy (non-hydrogen) atoms. The van der Waals surface area contributed by atoms with Gasteiger partial charge < -0.3 is 9.64 Å². The summed E-state index contributed by atoms with van der Waals surface area (Å²) in [6.45, 7) is 2.44. The molecule has 6 heteroatoms. The van der Waals surface area contributed by atoms with E-state index in [1.54, 1.807) is 30.4 Å². The lowest BCUT2D eigenvalue weighted by atomic mass is 10.1. The Morgan fingerprint density at radius 2 is 1.93 bits per heavy atom. The third-order valence-corrected chi connectivity index (χ3v) is 4.66. The summed E-state index contributed by atoms with van der Waals surface area (Å²) < 4.78 is 5.13. The van der Waals surface area contributed by atoms with E-state index < -0.39 is 5.92 Å². The van der Waals surface area contributed by atoms with Crippen molar-refractivity contribution in [3.63, 3.8) is 0 Å². The first-order valence-corrected chi connectivity index (χ1v) is 8.97. The molecule has 0 bridgehead atoms. The van der Waals surface area contributed by atoms with Crippen molar-refractivity contribution in [3.8, 4) is 5.75 Å². The topological polar surface area (TPSA) is 71.0 Å². The zero-order chi connectivity index (χ0) is 19.2. The van der Waals surface area contributed by atoms with Gasteiger partial charge in [0.1, 0.15) is 5.75 Å². The van der Waals surface area contributed by atoms with Crippen LogP contribution in [0.25, 0.3) is 0 Å². The minimum atomic E-state index is -0.417. The number of ether oxygens (including phenoxy) is 1. The second-order valence-electron chi connectivity index (χ2n) is 6.43. The van der Waals surface area contributed by atoms with Gasteiger partial charge in [-0.2, -0.15) is 5.10 Å². The van der Waals surface area contributed by atoms with Crippen molar-refractivity contribution in [2.75, 3.05) is 18.6 Å². The van der Waals surface area contributed by atoms with Gasteiger partial charge in [-0.25, -0.2) is 5.43 Å². The number of carbonyl (C=O) groups is 2. The molecule has 3 rings (SSSR count). The Labute approximate surface area is 158 Å². The Morgan fingerprint density at radius 1 is 1.22 bits per heavy atom. The largest absolute Gasteiger partial charge is 0.497 e. The maximum absolute atomic E-state index is 12.3. The lowest BCUT2D eigenvalue weighted by Crippen LogP contribution is -2.30. The molecular formula is C21H23N3O3. The summed E-state index contributed by atoms with van der Waals surface area (Å²) in [4.78, 5) is 26.2. The molecule has 1 saturated heterocycles. The van der Waals surface area contributed by atoms with E-state index in [1.807, 2.05) is 36.4 Å². The van der Waals surface area contributed by atoms with E-state index >= 15 is 0 Å². The SMILES string of the molecule is CCc1ccc(/C=N/NC(=O)C2CC(=O)N(c3ccc(OC)cc3)C2)cc1. The number of rotatable bonds is 6. The lowest BCUT2D eigenvalue weighted by molar-refractivity contribution is -0.126. The molecule has 0 saturated carbocycles. The van der Waals surface area contributed by atoms with Crippen LogP contribution in [0.3, 0.4) is 0 Å². The van der Waals surface area contributed by atoms with E-state index in [-0.39, 0.29) is 18.2 Å². The summed E-state index contributed by atoms with van der Waals surface area (Å²) in [5.74, 6) is -0.0135. The molecule has 1 unspecified atom stereocenters. The fraction of sp³-hybridized carbons (Fsp3) is 0.286. The van der Waals surface area contributed by atoms with Gasteiger partial charge in [-0.05, 0) is 41.8 Å². The predicted octanol–water partition coefficient (Wildman–Crippen LogP) is 2.76. The Hall–Kier alpha value is -3.15. The van der Waals surface area contributed by atoms with Crippen molar-refractivity contribution in [2.45, 2.75) is 19.8 Å². The number of hydrazone groups is 1.